The van der Waals surface area contributed by atoms with Crippen LogP contribution < -0.4 is 11.4 Å². The summed E-state index contributed by atoms with van der Waals surface area (Å²) in [6.07, 6.45) is -0.188. The molecule has 2 aromatic rings. The smallest absolute Gasteiger partial charge is 0.347 e. The van der Waals surface area contributed by atoms with Crippen molar-refractivity contribution in [3.63, 3.8) is 0 Å². The molecule has 4 aliphatic rings. The van der Waals surface area contributed by atoms with E-state index in [-0.39, 0.29) is 35.7 Å². The van der Waals surface area contributed by atoms with E-state index >= 15 is 0 Å². The van der Waals surface area contributed by atoms with Gasteiger partial charge in [0.15, 0.2) is 0 Å². The number of aromatic nitrogens is 3. The molecular weight excluding hydrogens is 272 g/mol. The third-order valence-electron chi connectivity index (χ3n) is 4.78. The summed E-state index contributed by atoms with van der Waals surface area (Å²) >= 11 is 0. The SMILES string of the molecule is Cn1c(=O)n2n(c1=O)C1c3c(C#N)cccc3C2C2OC21. The lowest BCUT2D eigenvalue weighted by Gasteiger charge is -2.37. The molecule has 1 aromatic carbocycles. The van der Waals surface area contributed by atoms with E-state index < -0.39 is 0 Å². The lowest BCUT2D eigenvalue weighted by Crippen LogP contribution is -2.48. The van der Waals surface area contributed by atoms with Crippen LogP contribution in [0.25, 0.3) is 0 Å². The molecule has 0 N–H and O–H groups in total. The summed E-state index contributed by atoms with van der Waals surface area (Å²) in [4.78, 5) is 24.7. The van der Waals surface area contributed by atoms with Gasteiger partial charge in [0.05, 0.1) is 11.6 Å². The Bertz CT molecular complexity index is 974. The van der Waals surface area contributed by atoms with E-state index in [2.05, 4.69) is 6.07 Å². The van der Waals surface area contributed by atoms with E-state index in [4.69, 9.17) is 4.74 Å². The third kappa shape index (κ3) is 1.03. The first-order valence-electron chi connectivity index (χ1n) is 6.73. The van der Waals surface area contributed by atoms with Gasteiger partial charge >= 0.3 is 11.4 Å². The average molecular weight is 282 g/mol. The number of epoxide rings is 1. The van der Waals surface area contributed by atoms with Gasteiger partial charge in [-0.3, -0.25) is 0 Å². The number of nitrogens with zero attached hydrogens (tertiary/aromatic N) is 4. The van der Waals surface area contributed by atoms with Crippen molar-refractivity contribution in [2.75, 3.05) is 0 Å². The summed E-state index contributed by atoms with van der Waals surface area (Å²) < 4.78 is 9.77. The largest absolute Gasteiger partial charge is 0.364 e. The third-order valence-corrected chi connectivity index (χ3v) is 4.78. The van der Waals surface area contributed by atoms with Crippen molar-refractivity contribution in [1.29, 1.82) is 5.26 Å². The van der Waals surface area contributed by atoms with Gasteiger partial charge in [0.1, 0.15) is 24.3 Å². The zero-order chi connectivity index (χ0) is 14.5. The fourth-order valence-corrected chi connectivity index (χ4v) is 3.87. The van der Waals surface area contributed by atoms with Gasteiger partial charge < -0.3 is 4.74 Å². The molecule has 1 fully saturated rings. The Morgan fingerprint density at radius 3 is 2.52 bits per heavy atom. The first-order valence-corrected chi connectivity index (χ1v) is 6.73. The summed E-state index contributed by atoms with van der Waals surface area (Å²) in [6, 6.07) is 6.96. The molecule has 2 bridgehead atoms. The van der Waals surface area contributed by atoms with Crippen molar-refractivity contribution < 1.29 is 4.74 Å². The van der Waals surface area contributed by atoms with Crippen molar-refractivity contribution >= 4 is 0 Å². The Morgan fingerprint density at radius 2 is 1.81 bits per heavy atom. The standard InChI is InChI=1S/C14H10N4O3/c1-16-13(19)17-9-7-4-2-3-6(5-15)8(7)10(12-11(9)21-12)18(17)14(16)20/h2-4,9-12H,1H3. The lowest BCUT2D eigenvalue weighted by atomic mass is 9.80. The topological polar surface area (TPSA) is 85.2 Å². The highest BCUT2D eigenvalue weighted by atomic mass is 16.6. The summed E-state index contributed by atoms with van der Waals surface area (Å²) in [7, 11) is 1.48. The predicted molar refractivity (Wildman–Crippen MR) is 70.0 cm³/mol. The van der Waals surface area contributed by atoms with Crippen molar-refractivity contribution in [1.82, 2.24) is 13.9 Å². The van der Waals surface area contributed by atoms with E-state index in [0.717, 1.165) is 15.7 Å². The second-order valence-corrected chi connectivity index (χ2v) is 5.69. The average Bonchev–Trinajstić information content (AvgIpc) is 3.28. The van der Waals surface area contributed by atoms with Crippen LogP contribution in [0.15, 0.2) is 27.8 Å². The van der Waals surface area contributed by atoms with Crippen molar-refractivity contribution in [2.45, 2.75) is 24.3 Å². The van der Waals surface area contributed by atoms with Crippen LogP contribution in [0.3, 0.4) is 0 Å². The summed E-state index contributed by atoms with van der Waals surface area (Å²) in [5.41, 5.74) is 1.60. The van der Waals surface area contributed by atoms with Crippen molar-refractivity contribution in [3.8, 4) is 6.07 Å². The normalized spacial score (nSPS) is 30.3. The zero-order valence-corrected chi connectivity index (χ0v) is 11.1. The maximum atomic E-state index is 12.4. The van der Waals surface area contributed by atoms with Crippen LogP contribution >= 0.6 is 0 Å². The van der Waals surface area contributed by atoms with Crippen molar-refractivity contribution in [2.24, 2.45) is 7.05 Å². The molecule has 3 aliphatic heterocycles. The highest BCUT2D eigenvalue weighted by Gasteiger charge is 2.63. The minimum atomic E-state index is -0.382. The highest BCUT2D eigenvalue weighted by molar-refractivity contribution is 5.52. The highest BCUT2D eigenvalue weighted by Crippen LogP contribution is 2.55. The fourth-order valence-electron chi connectivity index (χ4n) is 3.87. The van der Waals surface area contributed by atoms with Gasteiger partial charge in [0, 0.05) is 12.6 Å². The van der Waals surface area contributed by atoms with Gasteiger partial charge in [-0.05, 0) is 11.6 Å². The molecule has 0 spiro atoms. The van der Waals surface area contributed by atoms with E-state index in [9.17, 15) is 14.9 Å². The van der Waals surface area contributed by atoms with Crippen LogP contribution in [0.2, 0.25) is 0 Å². The summed E-state index contributed by atoms with van der Waals surface area (Å²) in [5.74, 6) is 0. The van der Waals surface area contributed by atoms with Gasteiger partial charge in [-0.25, -0.2) is 23.5 Å². The van der Waals surface area contributed by atoms with E-state index in [0.29, 0.717) is 5.56 Å². The second kappa shape index (κ2) is 3.18. The molecule has 1 aliphatic carbocycles. The first-order chi connectivity index (χ1) is 10.1. The Morgan fingerprint density at radius 1 is 1.14 bits per heavy atom. The molecule has 0 saturated carbocycles. The Balaban J connectivity index is 1.96. The Kier molecular flexibility index (Phi) is 1.68. The molecule has 4 heterocycles. The molecule has 104 valence electrons. The molecule has 7 nitrogen and oxygen atoms in total. The maximum absolute atomic E-state index is 12.4. The molecule has 4 atom stereocenters. The van der Waals surface area contributed by atoms with Crippen LogP contribution in [-0.2, 0) is 11.8 Å². The number of ether oxygens (including phenoxy) is 1. The fraction of sp³-hybridized carbons (Fsp3) is 0.357. The van der Waals surface area contributed by atoms with Crippen LogP contribution in [0, 0.1) is 11.3 Å². The number of rotatable bonds is 0. The minimum Gasteiger partial charge on any atom is -0.364 e. The molecule has 4 unspecified atom stereocenters. The van der Waals surface area contributed by atoms with Crippen LogP contribution in [0.5, 0.6) is 0 Å². The molecule has 7 heteroatoms. The van der Waals surface area contributed by atoms with Gasteiger partial charge in [0.2, 0.25) is 0 Å². The zero-order valence-electron chi connectivity index (χ0n) is 11.1. The van der Waals surface area contributed by atoms with Crippen LogP contribution in [0.1, 0.15) is 28.8 Å². The quantitative estimate of drug-likeness (QED) is 0.609. The van der Waals surface area contributed by atoms with Crippen LogP contribution in [0.4, 0.5) is 0 Å². The van der Waals surface area contributed by atoms with Crippen LogP contribution in [-0.4, -0.2) is 26.1 Å². The Labute approximate surface area is 118 Å². The van der Waals surface area contributed by atoms with E-state index in [1.807, 2.05) is 12.1 Å². The number of hydrogen-bond donors (Lipinski definition) is 0. The maximum Gasteiger partial charge on any atom is 0.347 e. The molecule has 21 heavy (non-hydrogen) atoms. The van der Waals surface area contributed by atoms with Gasteiger partial charge in [-0.2, -0.15) is 5.26 Å². The van der Waals surface area contributed by atoms with E-state index in [1.54, 1.807) is 6.07 Å². The first kappa shape index (κ1) is 11.1. The van der Waals surface area contributed by atoms with Gasteiger partial charge in [0.25, 0.3) is 0 Å². The lowest BCUT2D eigenvalue weighted by molar-refractivity contribution is 0.276. The predicted octanol–water partition coefficient (Wildman–Crippen LogP) is -0.507. The summed E-state index contributed by atoms with van der Waals surface area (Å²) in [6.45, 7) is 0. The monoisotopic (exact) mass is 282 g/mol. The number of hydrogen-bond acceptors (Lipinski definition) is 4. The number of benzene rings is 1. The Hall–Kier alpha value is -2.59. The molecule has 0 amide bonds. The van der Waals surface area contributed by atoms with Gasteiger partial charge in [-0.1, -0.05) is 12.1 Å². The molecule has 0 radical (unpaired) electrons. The van der Waals surface area contributed by atoms with Crippen molar-refractivity contribution in [3.05, 3.63) is 55.9 Å². The van der Waals surface area contributed by atoms with E-state index in [1.165, 1.54) is 16.4 Å². The molecule has 6 rings (SSSR count). The number of nitriles is 1. The van der Waals surface area contributed by atoms with Gasteiger partial charge in [-0.15, -0.1) is 0 Å². The minimum absolute atomic E-state index is 0.0732. The summed E-state index contributed by atoms with van der Waals surface area (Å²) in [5, 5.41) is 9.35. The molecular formula is C14H10N4O3. The molecule has 1 aromatic heterocycles. The molecule has 1 saturated heterocycles. The second-order valence-electron chi connectivity index (χ2n) is 5.69.